The fourth-order valence-electron chi connectivity index (χ4n) is 3.70. The van der Waals surface area contributed by atoms with Gasteiger partial charge in [0.05, 0.1) is 0 Å². The van der Waals surface area contributed by atoms with Crippen LogP contribution in [0.25, 0.3) is 22.8 Å². The molecular weight excluding hydrogens is 415 g/mol. The molecule has 1 aliphatic rings. The third kappa shape index (κ3) is 3.21. The molecule has 0 saturated heterocycles. The van der Waals surface area contributed by atoms with Crippen molar-refractivity contribution < 1.29 is 38.6 Å². The van der Waals surface area contributed by atoms with E-state index in [4.69, 9.17) is 13.9 Å². The number of aryl methyl sites for hydroxylation is 2. The molecule has 3 aromatic rings. The minimum absolute atomic E-state index is 0.379. The van der Waals surface area contributed by atoms with Crippen LogP contribution >= 0.6 is 0 Å². The molecule has 2 aromatic carbocycles. The summed E-state index contributed by atoms with van der Waals surface area (Å²) in [5, 5.41) is 0. The van der Waals surface area contributed by atoms with Gasteiger partial charge in [0.2, 0.25) is 0 Å². The van der Waals surface area contributed by atoms with Crippen LogP contribution in [0.15, 0.2) is 46.9 Å². The summed E-state index contributed by atoms with van der Waals surface area (Å²) >= 11 is 1.46. The Morgan fingerprint density at radius 1 is 0.926 bits per heavy atom. The van der Waals surface area contributed by atoms with Gasteiger partial charge >= 0.3 is 175 Å². The van der Waals surface area contributed by atoms with Gasteiger partial charge in [0.1, 0.15) is 0 Å². The molecule has 1 aromatic heterocycles. The summed E-state index contributed by atoms with van der Waals surface area (Å²) < 4.78 is 17.3. The molecular formula is C23H21O3Zr. The molecule has 0 radical (unpaired) electrons. The summed E-state index contributed by atoms with van der Waals surface area (Å²) in [5.41, 5.74) is 7.47. The van der Waals surface area contributed by atoms with Crippen molar-refractivity contribution in [1.82, 2.24) is 0 Å². The van der Waals surface area contributed by atoms with E-state index in [0.717, 1.165) is 28.6 Å². The van der Waals surface area contributed by atoms with Crippen molar-refractivity contribution in [1.29, 1.82) is 0 Å². The molecule has 1 atom stereocenters. The molecule has 27 heavy (non-hydrogen) atoms. The average Bonchev–Trinajstić information content (AvgIpc) is 3.24. The van der Waals surface area contributed by atoms with Gasteiger partial charge in [-0.15, -0.1) is 0 Å². The normalized spacial score (nSPS) is 15.4. The van der Waals surface area contributed by atoms with Crippen LogP contribution in [0.2, 0.25) is 0 Å². The predicted molar refractivity (Wildman–Crippen MR) is 104 cm³/mol. The van der Waals surface area contributed by atoms with Gasteiger partial charge in [0.15, 0.2) is 0 Å². The Morgan fingerprint density at radius 3 is 2.22 bits per heavy atom. The van der Waals surface area contributed by atoms with E-state index >= 15 is 0 Å². The van der Waals surface area contributed by atoms with Crippen molar-refractivity contribution in [2.75, 3.05) is 14.2 Å². The molecule has 135 valence electrons. The molecule has 0 aliphatic heterocycles. The van der Waals surface area contributed by atoms with Crippen molar-refractivity contribution in [3.05, 3.63) is 70.7 Å². The molecule has 4 rings (SSSR count). The second-order valence-electron chi connectivity index (χ2n) is 6.80. The first kappa shape index (κ1) is 18.3. The molecule has 0 bridgehead atoms. The van der Waals surface area contributed by atoms with E-state index in [0.29, 0.717) is 3.63 Å². The Morgan fingerprint density at radius 2 is 1.63 bits per heavy atom. The van der Waals surface area contributed by atoms with Crippen LogP contribution < -0.4 is 9.47 Å². The number of furan rings is 1. The third-order valence-electron chi connectivity index (χ3n) is 5.07. The monoisotopic (exact) mass is 435 g/mol. The van der Waals surface area contributed by atoms with E-state index in [2.05, 4.69) is 43.3 Å². The summed E-state index contributed by atoms with van der Waals surface area (Å²) in [6.07, 6.45) is 2.29. The van der Waals surface area contributed by atoms with Gasteiger partial charge in [0.25, 0.3) is 0 Å². The Hall–Kier alpha value is -2.06. The van der Waals surface area contributed by atoms with Crippen LogP contribution in [-0.4, -0.2) is 14.2 Å². The fraction of sp³-hybridized carbons (Fsp3) is 0.217. The van der Waals surface area contributed by atoms with E-state index in [-0.39, 0.29) is 0 Å². The number of rotatable bonds is 4. The first-order valence-electron chi connectivity index (χ1n) is 8.88. The summed E-state index contributed by atoms with van der Waals surface area (Å²) in [5.74, 6) is 3.50. The van der Waals surface area contributed by atoms with Gasteiger partial charge in [0, 0.05) is 0 Å². The van der Waals surface area contributed by atoms with Gasteiger partial charge in [-0.05, 0) is 0 Å². The van der Waals surface area contributed by atoms with Crippen LogP contribution in [0.5, 0.6) is 11.5 Å². The van der Waals surface area contributed by atoms with Crippen LogP contribution in [0.4, 0.5) is 0 Å². The van der Waals surface area contributed by atoms with Crippen molar-refractivity contribution in [3.63, 3.8) is 0 Å². The quantitative estimate of drug-likeness (QED) is 0.524. The molecule has 0 saturated carbocycles. The Kier molecular flexibility index (Phi) is 4.86. The molecule has 4 heteroatoms. The van der Waals surface area contributed by atoms with Crippen molar-refractivity contribution in [2.45, 2.75) is 17.5 Å². The van der Waals surface area contributed by atoms with E-state index in [9.17, 15) is 0 Å². The van der Waals surface area contributed by atoms with Gasteiger partial charge < -0.3 is 0 Å². The van der Waals surface area contributed by atoms with Crippen molar-refractivity contribution >= 4 is 11.6 Å². The molecule has 0 fully saturated rings. The molecule has 1 heterocycles. The van der Waals surface area contributed by atoms with Gasteiger partial charge in [-0.1, -0.05) is 0 Å². The van der Waals surface area contributed by atoms with Crippen molar-refractivity contribution in [3.8, 4) is 22.6 Å². The maximum atomic E-state index is 5.92. The third-order valence-corrected chi connectivity index (χ3v) is 6.60. The maximum absolute atomic E-state index is 5.92. The zero-order valence-corrected chi connectivity index (χ0v) is 18.4. The summed E-state index contributed by atoms with van der Waals surface area (Å²) in [4.78, 5) is 0. The van der Waals surface area contributed by atoms with Gasteiger partial charge in [-0.2, -0.15) is 0 Å². The fourth-order valence-corrected chi connectivity index (χ4v) is 4.87. The van der Waals surface area contributed by atoms with E-state index in [1.54, 1.807) is 14.2 Å². The number of ether oxygens (including phenoxy) is 2. The molecule has 3 nitrogen and oxygen atoms in total. The zero-order valence-electron chi connectivity index (χ0n) is 15.9. The molecule has 0 N–H and O–H groups in total. The number of hydrogen-bond acceptors (Lipinski definition) is 3. The number of hydrogen-bond donors (Lipinski definition) is 0. The van der Waals surface area contributed by atoms with Crippen LogP contribution in [0, 0.1) is 13.8 Å². The molecule has 0 amide bonds. The van der Waals surface area contributed by atoms with Crippen LogP contribution in [-0.2, 0) is 24.7 Å². The predicted octanol–water partition coefficient (Wildman–Crippen LogP) is 5.72. The van der Waals surface area contributed by atoms with E-state index in [1.165, 1.54) is 52.5 Å². The number of benzene rings is 2. The second-order valence-corrected chi connectivity index (χ2v) is 8.22. The average molecular weight is 437 g/mol. The molecule has 0 spiro atoms. The van der Waals surface area contributed by atoms with Gasteiger partial charge in [-0.25, -0.2) is 0 Å². The summed E-state index contributed by atoms with van der Waals surface area (Å²) in [6.45, 7) is 4.14. The van der Waals surface area contributed by atoms with Crippen LogP contribution in [0.3, 0.4) is 0 Å². The number of allylic oxidation sites excluding steroid dienone is 1. The molecule has 1 unspecified atom stereocenters. The Labute approximate surface area is 174 Å². The topological polar surface area (TPSA) is 31.6 Å². The number of methoxy groups -OCH3 is 2. The van der Waals surface area contributed by atoms with Crippen LogP contribution in [0.1, 0.15) is 31.8 Å². The van der Waals surface area contributed by atoms with Gasteiger partial charge in [-0.3, -0.25) is 0 Å². The standard InChI is InChI=1S/C23H21O3.Zr/c1-14-5-7-16-9-17(22-8-6-15(2)26-22)12-21(16)23(14)18-10-19(24-3)13-20(11-18)25-4;/h5-13H,1-4H3;. The zero-order chi connectivity index (χ0) is 19.1. The minimum atomic E-state index is 0.379. The second kappa shape index (κ2) is 7.16. The van der Waals surface area contributed by atoms with E-state index < -0.39 is 0 Å². The number of fused-ring (bicyclic) bond motifs is 1. The Balaban J connectivity index is 1.92. The van der Waals surface area contributed by atoms with E-state index in [1.807, 2.05) is 19.1 Å². The summed E-state index contributed by atoms with van der Waals surface area (Å²) in [6, 6.07) is 14.6. The Bertz CT molecular complexity index is 1020. The SMILES string of the molecule is COc1cc(OC)cc(-c2c(C)ccc3c2C=C(c2ccc(C)o2)[CH]3[Zr])c1. The first-order valence-corrected chi connectivity index (χ1v) is 10.3. The molecule has 1 aliphatic carbocycles. The summed E-state index contributed by atoms with van der Waals surface area (Å²) in [7, 11) is 3.37. The van der Waals surface area contributed by atoms with Crippen molar-refractivity contribution in [2.24, 2.45) is 0 Å². The first-order chi connectivity index (χ1) is 13.0.